The van der Waals surface area contributed by atoms with Gasteiger partial charge in [-0.2, -0.15) is 0 Å². The third-order valence-corrected chi connectivity index (χ3v) is 4.30. The highest BCUT2D eigenvalue weighted by molar-refractivity contribution is 5.97. The Balaban J connectivity index is 1.92. The fourth-order valence-electron chi connectivity index (χ4n) is 2.87. The second-order valence-electron chi connectivity index (χ2n) is 6.13. The van der Waals surface area contributed by atoms with Crippen LogP contribution in [0.15, 0.2) is 0 Å². The van der Waals surface area contributed by atoms with E-state index < -0.39 is 0 Å². The van der Waals surface area contributed by atoms with Gasteiger partial charge in [0.15, 0.2) is 0 Å². The largest absolute Gasteiger partial charge is 0.380 e. The van der Waals surface area contributed by atoms with Gasteiger partial charge in [-0.3, -0.25) is 9.59 Å². The number of rotatable bonds is 9. The summed E-state index contributed by atoms with van der Waals surface area (Å²) in [5.74, 6) is 0.462. The minimum Gasteiger partial charge on any atom is -0.380 e. The summed E-state index contributed by atoms with van der Waals surface area (Å²) in [4.78, 5) is 26.6. The van der Waals surface area contributed by atoms with E-state index >= 15 is 0 Å². The fourth-order valence-corrected chi connectivity index (χ4v) is 2.87. The van der Waals surface area contributed by atoms with Crippen LogP contribution in [0.4, 0.5) is 0 Å². The summed E-state index contributed by atoms with van der Waals surface area (Å²) in [5, 5.41) is 2.93. The Morgan fingerprint density at radius 2 is 1.95 bits per heavy atom. The molecule has 2 rings (SSSR count). The molecule has 0 radical (unpaired) electrons. The third-order valence-electron chi connectivity index (χ3n) is 4.30. The Kier molecular flexibility index (Phi) is 6.03. The smallest absolute Gasteiger partial charge is 0.246 e. The number of nitrogens with zero attached hydrogens (tertiary/aromatic N) is 1. The number of nitrogens with one attached hydrogen (secondary N) is 1. The van der Waals surface area contributed by atoms with Crippen molar-refractivity contribution in [2.75, 3.05) is 19.8 Å². The Bertz CT molecular complexity index is 369. The van der Waals surface area contributed by atoms with Crippen molar-refractivity contribution in [3.63, 3.8) is 0 Å². The molecule has 2 atom stereocenters. The summed E-state index contributed by atoms with van der Waals surface area (Å²) in [6.07, 6.45) is 5.87. The van der Waals surface area contributed by atoms with Crippen molar-refractivity contribution in [1.29, 1.82) is 0 Å². The van der Waals surface area contributed by atoms with Crippen molar-refractivity contribution < 1.29 is 14.3 Å². The third kappa shape index (κ3) is 4.19. The molecule has 0 aromatic heterocycles. The first-order valence-corrected chi connectivity index (χ1v) is 8.37. The van der Waals surface area contributed by atoms with Gasteiger partial charge in [0.25, 0.3) is 0 Å². The molecule has 2 amide bonds. The van der Waals surface area contributed by atoms with Gasteiger partial charge in [0, 0.05) is 13.2 Å². The van der Waals surface area contributed by atoms with Crippen molar-refractivity contribution in [2.45, 2.75) is 64.5 Å². The lowest BCUT2D eigenvalue weighted by Crippen LogP contribution is -2.64. The number of carbonyl (C=O) groups is 2. The van der Waals surface area contributed by atoms with Crippen LogP contribution in [0.2, 0.25) is 0 Å². The van der Waals surface area contributed by atoms with Crippen molar-refractivity contribution in [2.24, 2.45) is 5.92 Å². The number of hydrogen-bond donors (Lipinski definition) is 1. The molecule has 2 fully saturated rings. The highest BCUT2D eigenvalue weighted by atomic mass is 16.5. The first-order chi connectivity index (χ1) is 10.2. The molecule has 1 saturated carbocycles. The Morgan fingerprint density at radius 3 is 2.57 bits per heavy atom. The Morgan fingerprint density at radius 1 is 1.19 bits per heavy atom. The maximum atomic E-state index is 12.6. The number of amides is 2. The van der Waals surface area contributed by atoms with E-state index in [4.69, 9.17) is 4.74 Å². The molecule has 2 aliphatic rings. The molecule has 0 spiro atoms. The predicted octanol–water partition coefficient (Wildman–Crippen LogP) is 1.71. The number of ether oxygens (including phenoxy) is 1. The molecule has 5 heteroatoms. The van der Waals surface area contributed by atoms with E-state index in [1.807, 2.05) is 6.92 Å². The molecular formula is C16H28N2O3. The number of hydrogen-bond acceptors (Lipinski definition) is 3. The minimum absolute atomic E-state index is 0.0157. The lowest BCUT2D eigenvalue weighted by atomic mass is 10.0. The monoisotopic (exact) mass is 296 g/mol. The molecule has 1 N–H and O–H groups in total. The van der Waals surface area contributed by atoms with Crippen LogP contribution in [0, 0.1) is 5.92 Å². The van der Waals surface area contributed by atoms with E-state index in [1.165, 1.54) is 0 Å². The van der Waals surface area contributed by atoms with E-state index in [9.17, 15) is 9.59 Å². The van der Waals surface area contributed by atoms with Gasteiger partial charge >= 0.3 is 0 Å². The number of unbranched alkanes of at least 4 members (excludes halogenated alkanes) is 1. The molecule has 21 heavy (non-hydrogen) atoms. The molecule has 1 heterocycles. The average Bonchev–Trinajstić information content (AvgIpc) is 3.29. The second-order valence-corrected chi connectivity index (χ2v) is 6.13. The first kappa shape index (κ1) is 16.3. The molecule has 0 bridgehead atoms. The molecule has 1 saturated heterocycles. The van der Waals surface area contributed by atoms with Gasteiger partial charge in [0.05, 0.1) is 6.61 Å². The lowest BCUT2D eigenvalue weighted by Gasteiger charge is -2.39. The molecule has 1 aliphatic carbocycles. The molecule has 5 nitrogen and oxygen atoms in total. The quantitative estimate of drug-likeness (QED) is 0.659. The van der Waals surface area contributed by atoms with Gasteiger partial charge < -0.3 is 15.0 Å². The van der Waals surface area contributed by atoms with E-state index in [1.54, 1.807) is 4.90 Å². The van der Waals surface area contributed by atoms with Gasteiger partial charge in [-0.05, 0) is 31.6 Å². The standard InChI is InChI=1S/C16H28N2O3/c1-3-5-10-21-11-9-18-13(6-4-2)15(19)17-14(16(18)20)12-7-8-12/h12-14H,3-11H2,1-2H3,(H,17,19). The topological polar surface area (TPSA) is 58.6 Å². The van der Waals surface area contributed by atoms with Gasteiger partial charge in [-0.25, -0.2) is 0 Å². The molecule has 120 valence electrons. The normalized spacial score (nSPS) is 26.1. The molecule has 2 unspecified atom stereocenters. The Labute approximate surface area is 127 Å². The zero-order valence-electron chi connectivity index (χ0n) is 13.3. The molecule has 0 aromatic carbocycles. The van der Waals surface area contributed by atoms with Crippen LogP contribution in [-0.4, -0.2) is 48.6 Å². The highest BCUT2D eigenvalue weighted by Gasteiger charge is 2.46. The van der Waals surface area contributed by atoms with Crippen LogP contribution < -0.4 is 5.32 Å². The summed E-state index contributed by atoms with van der Waals surface area (Å²) in [6, 6.07) is -0.603. The van der Waals surface area contributed by atoms with Crippen molar-refractivity contribution >= 4 is 11.8 Å². The zero-order chi connectivity index (χ0) is 15.2. The van der Waals surface area contributed by atoms with Crippen LogP contribution >= 0.6 is 0 Å². The maximum absolute atomic E-state index is 12.6. The van der Waals surface area contributed by atoms with Crippen LogP contribution in [0.25, 0.3) is 0 Å². The van der Waals surface area contributed by atoms with Crippen LogP contribution in [0.3, 0.4) is 0 Å². The second kappa shape index (κ2) is 7.78. The molecule has 0 aromatic rings. The lowest BCUT2D eigenvalue weighted by molar-refractivity contribution is -0.151. The summed E-state index contributed by atoms with van der Waals surface area (Å²) in [6.45, 7) is 5.95. The summed E-state index contributed by atoms with van der Waals surface area (Å²) in [7, 11) is 0. The Hall–Kier alpha value is -1.10. The summed E-state index contributed by atoms with van der Waals surface area (Å²) >= 11 is 0. The van der Waals surface area contributed by atoms with Crippen molar-refractivity contribution in [3.05, 3.63) is 0 Å². The van der Waals surface area contributed by atoms with Gasteiger partial charge in [0.1, 0.15) is 12.1 Å². The van der Waals surface area contributed by atoms with E-state index in [-0.39, 0.29) is 23.9 Å². The zero-order valence-corrected chi connectivity index (χ0v) is 13.3. The van der Waals surface area contributed by atoms with Gasteiger partial charge in [-0.15, -0.1) is 0 Å². The maximum Gasteiger partial charge on any atom is 0.246 e. The highest BCUT2D eigenvalue weighted by Crippen LogP contribution is 2.35. The number of piperazine rings is 1. The average molecular weight is 296 g/mol. The minimum atomic E-state index is -0.313. The molecular weight excluding hydrogens is 268 g/mol. The van der Waals surface area contributed by atoms with E-state index in [2.05, 4.69) is 12.2 Å². The van der Waals surface area contributed by atoms with Crippen LogP contribution in [0.1, 0.15) is 52.4 Å². The van der Waals surface area contributed by atoms with Crippen LogP contribution in [0.5, 0.6) is 0 Å². The molecule has 1 aliphatic heterocycles. The number of carbonyl (C=O) groups excluding carboxylic acids is 2. The SMILES string of the molecule is CCCCOCCN1C(=O)C(C2CC2)NC(=O)C1CCC. The van der Waals surface area contributed by atoms with Gasteiger partial charge in [-0.1, -0.05) is 26.7 Å². The first-order valence-electron chi connectivity index (χ1n) is 8.37. The van der Waals surface area contributed by atoms with E-state index in [0.29, 0.717) is 19.1 Å². The van der Waals surface area contributed by atoms with Gasteiger partial charge in [0.2, 0.25) is 11.8 Å². The fraction of sp³-hybridized carbons (Fsp3) is 0.875. The summed E-state index contributed by atoms with van der Waals surface area (Å²) in [5.41, 5.74) is 0. The van der Waals surface area contributed by atoms with Crippen LogP contribution in [-0.2, 0) is 14.3 Å². The van der Waals surface area contributed by atoms with Crippen molar-refractivity contribution in [1.82, 2.24) is 10.2 Å². The van der Waals surface area contributed by atoms with Crippen molar-refractivity contribution in [3.8, 4) is 0 Å². The van der Waals surface area contributed by atoms with E-state index in [0.717, 1.165) is 45.1 Å². The summed E-state index contributed by atoms with van der Waals surface area (Å²) < 4.78 is 5.57. The predicted molar refractivity (Wildman–Crippen MR) is 80.8 cm³/mol.